The van der Waals surface area contributed by atoms with Gasteiger partial charge in [0.1, 0.15) is 0 Å². The van der Waals surface area contributed by atoms with Crippen molar-refractivity contribution in [3.63, 3.8) is 0 Å². The number of Topliss-reactive ketones (excluding diaryl/α,β-unsaturated/α-hetero) is 1. The lowest BCUT2D eigenvalue weighted by atomic mass is 10.1. The zero-order valence-electron chi connectivity index (χ0n) is 13.0. The molecule has 2 aromatic rings. The van der Waals surface area contributed by atoms with E-state index >= 15 is 0 Å². The minimum Gasteiger partial charge on any atom is -0.289 e. The van der Waals surface area contributed by atoms with Crippen molar-refractivity contribution in [2.45, 2.75) is 12.8 Å². The molecule has 24 heavy (non-hydrogen) atoms. The Morgan fingerprint density at radius 3 is 1.42 bits per heavy atom. The highest BCUT2D eigenvalue weighted by atomic mass is 16.1. The molecule has 0 radical (unpaired) electrons. The van der Waals surface area contributed by atoms with Gasteiger partial charge in [-0.3, -0.25) is 4.79 Å². The van der Waals surface area contributed by atoms with Crippen LogP contribution in [-0.4, -0.2) is 5.78 Å². The lowest BCUT2D eigenvalue weighted by Crippen LogP contribution is -1.95. The Morgan fingerprint density at radius 1 is 0.708 bits per heavy atom. The van der Waals surface area contributed by atoms with Crippen LogP contribution in [0.1, 0.15) is 35.1 Å². The Hall–Kier alpha value is -3.43. The van der Waals surface area contributed by atoms with Crippen LogP contribution in [0.2, 0.25) is 0 Å². The van der Waals surface area contributed by atoms with Crippen molar-refractivity contribution in [3.05, 3.63) is 81.9 Å². The molecular weight excluding hydrogens is 296 g/mol. The molecule has 0 bridgehead atoms. The standard InChI is InChI=1S/C21H14N2O/c22-13-17-5-1-15(2-6-17)11-19-9-10-20(21(19)24)12-16-3-7-18(14-23)8-4-16/h1-8,11-12H,9-10H2/b19-11+,20-12+. The van der Waals surface area contributed by atoms with Crippen LogP contribution in [0, 0.1) is 22.7 Å². The van der Waals surface area contributed by atoms with E-state index in [4.69, 9.17) is 10.5 Å². The molecule has 114 valence electrons. The van der Waals surface area contributed by atoms with Crippen molar-refractivity contribution in [2.24, 2.45) is 0 Å². The first-order valence-electron chi connectivity index (χ1n) is 7.66. The minimum absolute atomic E-state index is 0.0729. The Balaban J connectivity index is 1.81. The summed E-state index contributed by atoms with van der Waals surface area (Å²) in [7, 11) is 0. The predicted octanol–water partition coefficient (Wildman–Crippen LogP) is 4.26. The second kappa shape index (κ2) is 6.77. The van der Waals surface area contributed by atoms with Crippen molar-refractivity contribution < 1.29 is 4.79 Å². The van der Waals surface area contributed by atoms with Gasteiger partial charge in [0.05, 0.1) is 23.3 Å². The summed E-state index contributed by atoms with van der Waals surface area (Å²) < 4.78 is 0. The van der Waals surface area contributed by atoms with Gasteiger partial charge in [-0.1, -0.05) is 24.3 Å². The number of nitriles is 2. The monoisotopic (exact) mass is 310 g/mol. The third-order valence-electron chi connectivity index (χ3n) is 4.01. The smallest absolute Gasteiger partial charge is 0.185 e. The van der Waals surface area contributed by atoms with E-state index in [1.54, 1.807) is 24.3 Å². The van der Waals surface area contributed by atoms with Crippen molar-refractivity contribution in [1.82, 2.24) is 0 Å². The number of carbonyl (C=O) groups excluding carboxylic acids is 1. The number of rotatable bonds is 2. The van der Waals surface area contributed by atoms with Gasteiger partial charge in [-0.2, -0.15) is 10.5 Å². The summed E-state index contributed by atoms with van der Waals surface area (Å²) in [4.78, 5) is 12.5. The molecule has 1 fully saturated rings. The Labute approximate surface area is 140 Å². The Kier molecular flexibility index (Phi) is 4.36. The van der Waals surface area contributed by atoms with Gasteiger partial charge in [0.15, 0.2) is 5.78 Å². The van der Waals surface area contributed by atoms with E-state index in [0.717, 1.165) is 35.1 Å². The molecule has 1 aliphatic rings. The van der Waals surface area contributed by atoms with E-state index in [1.165, 1.54) is 0 Å². The van der Waals surface area contributed by atoms with Crippen LogP contribution in [0.3, 0.4) is 0 Å². The van der Waals surface area contributed by atoms with Crippen LogP contribution < -0.4 is 0 Å². The molecule has 0 saturated heterocycles. The van der Waals surface area contributed by atoms with Crippen LogP contribution >= 0.6 is 0 Å². The van der Waals surface area contributed by atoms with Gasteiger partial charge < -0.3 is 0 Å². The maximum absolute atomic E-state index is 12.5. The lowest BCUT2D eigenvalue weighted by Gasteiger charge is -1.98. The maximum atomic E-state index is 12.5. The molecule has 3 rings (SSSR count). The van der Waals surface area contributed by atoms with Gasteiger partial charge in [0.25, 0.3) is 0 Å². The fourth-order valence-corrected chi connectivity index (χ4v) is 2.69. The van der Waals surface area contributed by atoms with Gasteiger partial charge in [-0.15, -0.1) is 0 Å². The highest BCUT2D eigenvalue weighted by Crippen LogP contribution is 2.29. The van der Waals surface area contributed by atoms with Gasteiger partial charge in [-0.05, 0) is 60.4 Å². The highest BCUT2D eigenvalue weighted by Gasteiger charge is 2.22. The molecule has 2 aromatic carbocycles. The van der Waals surface area contributed by atoms with Crippen LogP contribution in [0.15, 0.2) is 59.7 Å². The van der Waals surface area contributed by atoms with Crippen LogP contribution in [0.25, 0.3) is 12.2 Å². The SMILES string of the molecule is N#Cc1ccc(/C=C2\CC/C(=C\c3ccc(C#N)cc3)C2=O)cc1. The zero-order valence-corrected chi connectivity index (χ0v) is 13.0. The largest absolute Gasteiger partial charge is 0.289 e. The number of hydrogen-bond acceptors (Lipinski definition) is 3. The molecule has 0 aliphatic heterocycles. The molecule has 3 heteroatoms. The van der Waals surface area contributed by atoms with Crippen molar-refractivity contribution in [3.8, 4) is 12.1 Å². The van der Waals surface area contributed by atoms with E-state index in [1.807, 2.05) is 36.4 Å². The van der Waals surface area contributed by atoms with E-state index < -0.39 is 0 Å². The fraction of sp³-hybridized carbons (Fsp3) is 0.0952. The van der Waals surface area contributed by atoms with Gasteiger partial charge >= 0.3 is 0 Å². The molecule has 3 nitrogen and oxygen atoms in total. The van der Waals surface area contributed by atoms with E-state index in [-0.39, 0.29) is 5.78 Å². The molecule has 0 heterocycles. The molecule has 0 aromatic heterocycles. The summed E-state index contributed by atoms with van der Waals surface area (Å²) >= 11 is 0. The van der Waals surface area contributed by atoms with Crippen molar-refractivity contribution in [1.29, 1.82) is 10.5 Å². The van der Waals surface area contributed by atoms with Crippen LogP contribution in [-0.2, 0) is 4.79 Å². The summed E-state index contributed by atoms with van der Waals surface area (Å²) in [5.41, 5.74) is 4.65. The third kappa shape index (κ3) is 3.32. The topological polar surface area (TPSA) is 64.7 Å². The number of allylic oxidation sites excluding steroid dienone is 2. The molecule has 0 spiro atoms. The molecule has 1 saturated carbocycles. The predicted molar refractivity (Wildman–Crippen MR) is 92.5 cm³/mol. The quantitative estimate of drug-likeness (QED) is 0.778. The molecule has 0 amide bonds. The molecule has 1 aliphatic carbocycles. The lowest BCUT2D eigenvalue weighted by molar-refractivity contribution is -0.111. The maximum Gasteiger partial charge on any atom is 0.185 e. The van der Waals surface area contributed by atoms with Crippen molar-refractivity contribution >= 4 is 17.9 Å². The van der Waals surface area contributed by atoms with Gasteiger partial charge in [0, 0.05) is 11.1 Å². The summed E-state index contributed by atoms with van der Waals surface area (Å²) in [5.74, 6) is 0.0729. The first kappa shape index (κ1) is 15.5. The number of nitrogens with zero attached hydrogens (tertiary/aromatic N) is 2. The van der Waals surface area contributed by atoms with Crippen molar-refractivity contribution in [2.75, 3.05) is 0 Å². The number of ketones is 1. The normalized spacial score (nSPS) is 17.0. The molecule has 0 unspecified atom stereocenters. The average molecular weight is 310 g/mol. The zero-order chi connectivity index (χ0) is 16.9. The number of carbonyl (C=O) groups is 1. The van der Waals surface area contributed by atoms with E-state index in [9.17, 15) is 4.79 Å². The summed E-state index contributed by atoms with van der Waals surface area (Å²) in [6.07, 6.45) is 5.23. The number of hydrogen-bond donors (Lipinski definition) is 0. The third-order valence-corrected chi connectivity index (χ3v) is 4.01. The summed E-state index contributed by atoms with van der Waals surface area (Å²) in [6.45, 7) is 0. The first-order chi connectivity index (χ1) is 11.7. The summed E-state index contributed by atoms with van der Waals surface area (Å²) in [6, 6.07) is 18.6. The molecular formula is C21H14N2O. The Morgan fingerprint density at radius 2 is 1.08 bits per heavy atom. The molecule has 0 N–H and O–H groups in total. The minimum atomic E-state index is 0.0729. The van der Waals surface area contributed by atoms with E-state index in [2.05, 4.69) is 12.1 Å². The van der Waals surface area contributed by atoms with E-state index in [0.29, 0.717) is 11.1 Å². The number of benzene rings is 2. The average Bonchev–Trinajstić information content (AvgIpc) is 2.96. The van der Waals surface area contributed by atoms with Crippen LogP contribution in [0.4, 0.5) is 0 Å². The summed E-state index contributed by atoms with van der Waals surface area (Å²) in [5, 5.41) is 17.6. The first-order valence-corrected chi connectivity index (χ1v) is 7.66. The van der Waals surface area contributed by atoms with Gasteiger partial charge in [-0.25, -0.2) is 0 Å². The Bertz CT molecular complexity index is 840. The second-order valence-corrected chi connectivity index (χ2v) is 5.64. The fourth-order valence-electron chi connectivity index (χ4n) is 2.69. The van der Waals surface area contributed by atoms with Gasteiger partial charge in [0.2, 0.25) is 0 Å². The molecule has 0 atom stereocenters. The van der Waals surface area contributed by atoms with Crippen LogP contribution in [0.5, 0.6) is 0 Å². The second-order valence-electron chi connectivity index (χ2n) is 5.64. The highest BCUT2D eigenvalue weighted by molar-refractivity contribution is 6.15.